The molecule has 4 N–H and O–H groups in total. The van der Waals surface area contributed by atoms with Gasteiger partial charge >= 0.3 is 11.9 Å². The van der Waals surface area contributed by atoms with Gasteiger partial charge in [0.05, 0.1) is 25.0 Å². The summed E-state index contributed by atoms with van der Waals surface area (Å²) in [6.07, 6.45) is 6.65. The second kappa shape index (κ2) is 17.0. The van der Waals surface area contributed by atoms with Crippen molar-refractivity contribution in [2.75, 3.05) is 0 Å². The Morgan fingerprint density at radius 2 is 1.27 bits per heavy atom. The molecular formula is C20H38O6. The van der Waals surface area contributed by atoms with E-state index in [2.05, 4.69) is 13.8 Å². The SMILES string of the molecule is CC(C)=CCCC(O)CC(=O)O.CC(C)CCCCCC(O)CC(=O)O. The summed E-state index contributed by atoms with van der Waals surface area (Å²) in [5.74, 6) is -1.13. The first kappa shape index (κ1) is 26.8. The van der Waals surface area contributed by atoms with Gasteiger partial charge in [0.25, 0.3) is 0 Å². The van der Waals surface area contributed by atoms with Crippen LogP contribution in [0.1, 0.15) is 85.5 Å². The van der Waals surface area contributed by atoms with Crippen LogP contribution in [-0.2, 0) is 9.59 Å². The van der Waals surface area contributed by atoms with Crippen molar-refractivity contribution in [1.29, 1.82) is 0 Å². The van der Waals surface area contributed by atoms with Gasteiger partial charge in [-0.1, -0.05) is 51.2 Å². The van der Waals surface area contributed by atoms with Crippen LogP contribution < -0.4 is 0 Å². The molecular weight excluding hydrogens is 336 g/mol. The van der Waals surface area contributed by atoms with Crippen molar-refractivity contribution in [3.8, 4) is 0 Å². The molecule has 0 aliphatic heterocycles. The van der Waals surface area contributed by atoms with Crippen molar-refractivity contribution in [2.24, 2.45) is 5.92 Å². The number of unbranched alkanes of at least 4 members (excludes halogenated alkanes) is 2. The van der Waals surface area contributed by atoms with Gasteiger partial charge in [-0.3, -0.25) is 9.59 Å². The highest BCUT2D eigenvalue weighted by Crippen LogP contribution is 2.11. The maximum Gasteiger partial charge on any atom is 0.305 e. The summed E-state index contributed by atoms with van der Waals surface area (Å²) >= 11 is 0. The Hall–Kier alpha value is -1.40. The lowest BCUT2D eigenvalue weighted by atomic mass is 10.0. The maximum atomic E-state index is 10.2. The molecule has 0 saturated carbocycles. The van der Waals surface area contributed by atoms with Gasteiger partial charge in [-0.25, -0.2) is 0 Å². The average Bonchev–Trinajstić information content (AvgIpc) is 2.45. The van der Waals surface area contributed by atoms with Crippen LogP contribution >= 0.6 is 0 Å². The third-order valence-corrected chi connectivity index (χ3v) is 3.69. The van der Waals surface area contributed by atoms with E-state index in [0.717, 1.165) is 25.2 Å². The van der Waals surface area contributed by atoms with E-state index in [-0.39, 0.29) is 12.8 Å². The van der Waals surface area contributed by atoms with Crippen LogP contribution in [0.25, 0.3) is 0 Å². The van der Waals surface area contributed by atoms with Gasteiger partial charge in [-0.2, -0.15) is 0 Å². The predicted molar refractivity (Wildman–Crippen MR) is 103 cm³/mol. The van der Waals surface area contributed by atoms with Crippen molar-refractivity contribution >= 4 is 11.9 Å². The number of rotatable bonds is 13. The van der Waals surface area contributed by atoms with Crippen LogP contribution in [0.4, 0.5) is 0 Å². The number of aliphatic hydroxyl groups is 2. The van der Waals surface area contributed by atoms with Gasteiger partial charge < -0.3 is 20.4 Å². The molecule has 0 aliphatic rings. The summed E-state index contributed by atoms with van der Waals surface area (Å²) < 4.78 is 0. The molecule has 6 nitrogen and oxygen atoms in total. The fourth-order valence-electron chi connectivity index (χ4n) is 2.28. The summed E-state index contributed by atoms with van der Waals surface area (Å²) in [6, 6.07) is 0. The van der Waals surface area contributed by atoms with Crippen LogP contribution in [0.15, 0.2) is 11.6 Å². The van der Waals surface area contributed by atoms with Crippen molar-refractivity contribution in [2.45, 2.75) is 97.7 Å². The van der Waals surface area contributed by atoms with E-state index < -0.39 is 24.1 Å². The molecule has 0 heterocycles. The lowest BCUT2D eigenvalue weighted by Crippen LogP contribution is -2.12. The molecule has 0 aromatic heterocycles. The fraction of sp³-hybridized carbons (Fsp3) is 0.800. The molecule has 0 aliphatic carbocycles. The highest BCUT2D eigenvalue weighted by molar-refractivity contribution is 5.67. The lowest BCUT2D eigenvalue weighted by Gasteiger charge is -2.08. The number of hydrogen-bond donors (Lipinski definition) is 4. The van der Waals surface area contributed by atoms with E-state index in [1.165, 1.54) is 18.4 Å². The summed E-state index contributed by atoms with van der Waals surface area (Å²) in [4.78, 5) is 20.4. The number of carbonyl (C=O) groups is 2. The minimum absolute atomic E-state index is 0.121. The van der Waals surface area contributed by atoms with Gasteiger partial charge in [0, 0.05) is 0 Å². The number of allylic oxidation sites excluding steroid dienone is 2. The van der Waals surface area contributed by atoms with Gasteiger partial charge in [0.2, 0.25) is 0 Å². The van der Waals surface area contributed by atoms with Crippen LogP contribution in [0.5, 0.6) is 0 Å². The molecule has 0 fully saturated rings. The van der Waals surface area contributed by atoms with Crippen LogP contribution in [-0.4, -0.2) is 44.6 Å². The average molecular weight is 375 g/mol. The molecule has 0 amide bonds. The molecule has 26 heavy (non-hydrogen) atoms. The topological polar surface area (TPSA) is 115 Å². The Balaban J connectivity index is 0. The van der Waals surface area contributed by atoms with E-state index in [4.69, 9.17) is 15.3 Å². The molecule has 0 spiro atoms. The normalized spacial score (nSPS) is 12.7. The second-order valence-electron chi connectivity index (χ2n) is 7.39. The Morgan fingerprint density at radius 3 is 1.69 bits per heavy atom. The largest absolute Gasteiger partial charge is 0.481 e. The van der Waals surface area contributed by atoms with Gasteiger partial charge in [0.15, 0.2) is 0 Å². The number of aliphatic carboxylic acids is 2. The summed E-state index contributed by atoms with van der Waals surface area (Å²) in [7, 11) is 0. The summed E-state index contributed by atoms with van der Waals surface area (Å²) in [5, 5.41) is 35.1. The molecule has 0 saturated heterocycles. The number of aliphatic hydroxyl groups excluding tert-OH is 2. The predicted octanol–water partition coefficient (Wildman–Crippen LogP) is 4.00. The minimum atomic E-state index is -0.945. The van der Waals surface area contributed by atoms with E-state index >= 15 is 0 Å². The smallest absolute Gasteiger partial charge is 0.305 e. The number of hydrogen-bond acceptors (Lipinski definition) is 4. The van der Waals surface area contributed by atoms with Gasteiger partial charge in [0.1, 0.15) is 0 Å². The second-order valence-corrected chi connectivity index (χ2v) is 7.39. The molecule has 0 rings (SSSR count). The molecule has 0 aromatic carbocycles. The van der Waals surface area contributed by atoms with E-state index in [0.29, 0.717) is 12.8 Å². The van der Waals surface area contributed by atoms with Gasteiger partial charge in [-0.05, 0) is 39.0 Å². The third kappa shape index (κ3) is 24.8. The highest BCUT2D eigenvalue weighted by Gasteiger charge is 2.08. The Labute approximate surface area is 157 Å². The lowest BCUT2D eigenvalue weighted by molar-refractivity contribution is -0.140. The first-order valence-electron chi connectivity index (χ1n) is 9.47. The minimum Gasteiger partial charge on any atom is -0.481 e. The van der Waals surface area contributed by atoms with Crippen molar-refractivity contribution in [3.63, 3.8) is 0 Å². The van der Waals surface area contributed by atoms with Crippen LogP contribution in [0, 0.1) is 5.92 Å². The standard InChI is InChI=1S/C11H22O3.C9H16O3/c1-9(2)6-4-3-5-7-10(12)8-11(13)14;1-7(2)4-3-5-8(10)6-9(11)12/h9-10,12H,3-8H2,1-2H3,(H,13,14);4,8,10H,3,5-6H2,1-2H3,(H,11,12). The van der Waals surface area contributed by atoms with Crippen molar-refractivity contribution < 1.29 is 30.0 Å². The molecule has 2 unspecified atom stereocenters. The zero-order valence-electron chi connectivity index (χ0n) is 16.8. The Kier molecular flexibility index (Phi) is 17.6. The van der Waals surface area contributed by atoms with Crippen LogP contribution in [0.2, 0.25) is 0 Å². The van der Waals surface area contributed by atoms with Gasteiger partial charge in [-0.15, -0.1) is 0 Å². The maximum absolute atomic E-state index is 10.2. The Bertz CT molecular complexity index is 399. The fourth-order valence-corrected chi connectivity index (χ4v) is 2.28. The highest BCUT2D eigenvalue weighted by atomic mass is 16.4. The molecule has 2 atom stereocenters. The van der Waals surface area contributed by atoms with E-state index in [1.54, 1.807) is 0 Å². The number of carboxylic acid groups (broad SMARTS) is 2. The Morgan fingerprint density at radius 1 is 0.808 bits per heavy atom. The molecule has 6 heteroatoms. The van der Waals surface area contributed by atoms with Crippen LogP contribution in [0.3, 0.4) is 0 Å². The molecule has 154 valence electrons. The van der Waals surface area contributed by atoms with Crippen molar-refractivity contribution in [3.05, 3.63) is 11.6 Å². The quantitative estimate of drug-likeness (QED) is 0.286. The van der Waals surface area contributed by atoms with E-state index in [1.807, 2.05) is 19.9 Å². The molecule has 0 bridgehead atoms. The summed E-state index contributed by atoms with van der Waals surface area (Å²) in [6.45, 7) is 8.34. The van der Waals surface area contributed by atoms with E-state index in [9.17, 15) is 14.7 Å². The first-order chi connectivity index (χ1) is 12.0. The molecule has 0 aromatic rings. The third-order valence-electron chi connectivity index (χ3n) is 3.69. The first-order valence-corrected chi connectivity index (χ1v) is 9.47. The summed E-state index contributed by atoms with van der Waals surface area (Å²) in [5.41, 5.74) is 1.19. The molecule has 0 radical (unpaired) electrons. The zero-order chi connectivity index (χ0) is 20.5. The number of carboxylic acids is 2. The monoisotopic (exact) mass is 374 g/mol. The zero-order valence-corrected chi connectivity index (χ0v) is 16.8. The van der Waals surface area contributed by atoms with Crippen molar-refractivity contribution in [1.82, 2.24) is 0 Å².